The van der Waals surface area contributed by atoms with Crippen LogP contribution in [-0.2, 0) is 29.8 Å². The van der Waals surface area contributed by atoms with E-state index < -0.39 is 27.2 Å². The average Bonchev–Trinajstić information content (AvgIpc) is 2.97. The minimum atomic E-state index is -3.73. The molecule has 2 aromatic rings. The van der Waals surface area contributed by atoms with Gasteiger partial charge in [-0.2, -0.15) is 4.31 Å². The summed E-state index contributed by atoms with van der Waals surface area (Å²) in [4.78, 5) is 27.2. The zero-order valence-electron chi connectivity index (χ0n) is 18.7. The molecule has 0 aromatic heterocycles. The standard InChI is InChI=1S/C23H26FN3O5S/c1-15-4-5-16(12-19(15)24)25-21(28)14-27-20-7-6-17(13-18(20)23(2,3)22(27)29)33(30,31)26-8-10-32-11-9-26/h4-7,12-13H,8-11,14H2,1-3H3,(H,25,28). The van der Waals surface area contributed by atoms with Gasteiger partial charge in [0.1, 0.15) is 12.4 Å². The number of carbonyl (C=O) groups is 2. The van der Waals surface area contributed by atoms with Crippen molar-refractivity contribution in [2.24, 2.45) is 0 Å². The maximum Gasteiger partial charge on any atom is 0.244 e. The highest BCUT2D eigenvalue weighted by Gasteiger charge is 2.45. The molecule has 2 aliphatic heterocycles. The molecule has 33 heavy (non-hydrogen) atoms. The SMILES string of the molecule is Cc1ccc(NC(=O)CN2C(=O)C(C)(C)c3cc(S(=O)(=O)N4CCOCC4)ccc32)cc1F. The number of nitrogens with one attached hydrogen (secondary N) is 1. The Hall–Kier alpha value is -2.82. The quantitative estimate of drug-likeness (QED) is 0.717. The number of carbonyl (C=O) groups excluding carboxylic acids is 2. The molecule has 0 saturated carbocycles. The highest BCUT2D eigenvalue weighted by molar-refractivity contribution is 7.89. The van der Waals surface area contributed by atoms with E-state index in [1.807, 2.05) is 0 Å². The van der Waals surface area contributed by atoms with Crippen LogP contribution in [0.25, 0.3) is 0 Å². The molecule has 0 radical (unpaired) electrons. The van der Waals surface area contributed by atoms with Crippen LogP contribution in [0.2, 0.25) is 0 Å². The number of fused-ring (bicyclic) bond motifs is 1. The number of benzene rings is 2. The van der Waals surface area contributed by atoms with Crippen molar-refractivity contribution in [3.8, 4) is 0 Å². The third kappa shape index (κ3) is 4.25. The fraction of sp³-hybridized carbons (Fsp3) is 0.391. The smallest absolute Gasteiger partial charge is 0.244 e. The van der Waals surface area contributed by atoms with Crippen molar-refractivity contribution in [2.45, 2.75) is 31.1 Å². The Bertz CT molecular complexity index is 1220. The van der Waals surface area contributed by atoms with E-state index in [1.165, 1.54) is 27.4 Å². The second kappa shape index (κ2) is 8.51. The molecule has 0 aliphatic carbocycles. The normalized spacial score (nSPS) is 18.3. The van der Waals surface area contributed by atoms with Crippen LogP contribution in [0.15, 0.2) is 41.3 Å². The van der Waals surface area contributed by atoms with Crippen molar-refractivity contribution < 1.29 is 27.1 Å². The fourth-order valence-electron chi connectivity index (χ4n) is 4.08. The minimum Gasteiger partial charge on any atom is -0.379 e. The maximum atomic E-state index is 13.8. The number of aryl methyl sites for hydroxylation is 1. The molecule has 2 heterocycles. The molecular formula is C23H26FN3O5S. The number of anilines is 2. The van der Waals surface area contributed by atoms with Crippen molar-refractivity contribution >= 4 is 33.2 Å². The first-order chi connectivity index (χ1) is 15.5. The summed E-state index contributed by atoms with van der Waals surface area (Å²) in [5.74, 6) is -1.24. The number of ether oxygens (including phenoxy) is 1. The summed E-state index contributed by atoms with van der Waals surface area (Å²) < 4.78 is 46.5. The van der Waals surface area contributed by atoms with Gasteiger partial charge in [-0.3, -0.25) is 9.59 Å². The molecule has 0 unspecified atom stereocenters. The van der Waals surface area contributed by atoms with E-state index in [1.54, 1.807) is 39.0 Å². The molecule has 1 saturated heterocycles. The van der Waals surface area contributed by atoms with Crippen LogP contribution in [0.3, 0.4) is 0 Å². The molecule has 2 amide bonds. The van der Waals surface area contributed by atoms with Crippen LogP contribution in [0, 0.1) is 12.7 Å². The van der Waals surface area contributed by atoms with Gasteiger partial charge in [0.2, 0.25) is 21.8 Å². The highest BCUT2D eigenvalue weighted by atomic mass is 32.2. The molecule has 2 aromatic carbocycles. The van der Waals surface area contributed by atoms with E-state index in [0.717, 1.165) is 0 Å². The molecule has 0 spiro atoms. The van der Waals surface area contributed by atoms with E-state index >= 15 is 0 Å². The summed E-state index contributed by atoms with van der Waals surface area (Å²) in [5.41, 5.74) is 0.761. The number of morpholine rings is 1. The number of hydrogen-bond donors (Lipinski definition) is 1. The summed E-state index contributed by atoms with van der Waals surface area (Å²) in [6, 6.07) is 8.90. The topological polar surface area (TPSA) is 96.0 Å². The molecule has 4 rings (SSSR count). The third-order valence-corrected chi connectivity index (χ3v) is 7.97. The van der Waals surface area contributed by atoms with Gasteiger partial charge in [-0.15, -0.1) is 0 Å². The van der Waals surface area contributed by atoms with Crippen molar-refractivity contribution in [1.29, 1.82) is 0 Å². The van der Waals surface area contributed by atoms with Gasteiger partial charge in [-0.1, -0.05) is 6.07 Å². The Labute approximate surface area is 192 Å². The van der Waals surface area contributed by atoms with E-state index in [9.17, 15) is 22.4 Å². The molecule has 1 fully saturated rings. The largest absolute Gasteiger partial charge is 0.379 e. The summed E-state index contributed by atoms with van der Waals surface area (Å²) in [7, 11) is -3.73. The fourth-order valence-corrected chi connectivity index (χ4v) is 5.52. The molecule has 10 heteroatoms. The predicted octanol–water partition coefficient (Wildman–Crippen LogP) is 2.42. The van der Waals surface area contributed by atoms with Gasteiger partial charge in [0, 0.05) is 24.5 Å². The lowest BCUT2D eigenvalue weighted by Gasteiger charge is -2.26. The Morgan fingerprint density at radius 3 is 2.52 bits per heavy atom. The van der Waals surface area contributed by atoms with Gasteiger partial charge in [-0.25, -0.2) is 12.8 Å². The number of sulfonamides is 1. The minimum absolute atomic E-state index is 0.102. The third-order valence-electron chi connectivity index (χ3n) is 6.08. The van der Waals surface area contributed by atoms with Crippen LogP contribution < -0.4 is 10.2 Å². The molecule has 1 N–H and O–H groups in total. The van der Waals surface area contributed by atoms with E-state index in [2.05, 4.69) is 5.32 Å². The molecular weight excluding hydrogens is 449 g/mol. The summed E-state index contributed by atoms with van der Waals surface area (Å²) in [6.07, 6.45) is 0. The van der Waals surface area contributed by atoms with Crippen molar-refractivity contribution in [1.82, 2.24) is 4.31 Å². The van der Waals surface area contributed by atoms with E-state index in [4.69, 9.17) is 4.74 Å². The number of hydrogen-bond acceptors (Lipinski definition) is 5. The first-order valence-corrected chi connectivity index (χ1v) is 12.1. The van der Waals surface area contributed by atoms with Gasteiger partial charge >= 0.3 is 0 Å². The lowest BCUT2D eigenvalue weighted by Crippen LogP contribution is -2.41. The zero-order chi connectivity index (χ0) is 24.0. The van der Waals surface area contributed by atoms with Gasteiger partial charge < -0.3 is 15.0 Å². The van der Waals surface area contributed by atoms with Crippen molar-refractivity contribution in [3.05, 3.63) is 53.3 Å². The van der Waals surface area contributed by atoms with Gasteiger partial charge in [-0.05, 0) is 62.2 Å². The summed E-state index contributed by atoms with van der Waals surface area (Å²) in [5, 5.41) is 2.61. The summed E-state index contributed by atoms with van der Waals surface area (Å²) in [6.45, 7) is 5.96. The zero-order valence-corrected chi connectivity index (χ0v) is 19.5. The first-order valence-electron chi connectivity index (χ1n) is 10.6. The number of amides is 2. The maximum absolute atomic E-state index is 13.8. The van der Waals surface area contributed by atoms with E-state index in [0.29, 0.717) is 35.7 Å². The van der Waals surface area contributed by atoms with Gasteiger partial charge in [0.15, 0.2) is 0 Å². The van der Waals surface area contributed by atoms with Crippen LogP contribution in [0.1, 0.15) is 25.0 Å². The molecule has 0 bridgehead atoms. The molecule has 0 atom stereocenters. The molecule has 2 aliphatic rings. The second-order valence-electron chi connectivity index (χ2n) is 8.72. The van der Waals surface area contributed by atoms with Crippen LogP contribution >= 0.6 is 0 Å². The Kier molecular flexibility index (Phi) is 6.02. The number of nitrogens with zero attached hydrogens (tertiary/aromatic N) is 2. The Balaban J connectivity index is 1.59. The Morgan fingerprint density at radius 2 is 1.85 bits per heavy atom. The Morgan fingerprint density at radius 1 is 1.15 bits per heavy atom. The van der Waals surface area contributed by atoms with Gasteiger partial charge in [0.25, 0.3) is 0 Å². The van der Waals surface area contributed by atoms with E-state index in [-0.39, 0.29) is 30.4 Å². The molecule has 176 valence electrons. The average molecular weight is 476 g/mol. The number of halogens is 1. The van der Waals surface area contributed by atoms with Crippen LogP contribution in [0.5, 0.6) is 0 Å². The van der Waals surface area contributed by atoms with Crippen molar-refractivity contribution in [3.63, 3.8) is 0 Å². The first kappa shape index (κ1) is 23.3. The predicted molar refractivity (Wildman–Crippen MR) is 121 cm³/mol. The summed E-state index contributed by atoms with van der Waals surface area (Å²) >= 11 is 0. The second-order valence-corrected chi connectivity index (χ2v) is 10.7. The van der Waals surface area contributed by atoms with Crippen LogP contribution in [0.4, 0.5) is 15.8 Å². The highest BCUT2D eigenvalue weighted by Crippen LogP contribution is 2.42. The number of rotatable bonds is 5. The lowest BCUT2D eigenvalue weighted by molar-refractivity contribution is -0.124. The van der Waals surface area contributed by atoms with Gasteiger partial charge in [0.05, 0.1) is 23.5 Å². The monoisotopic (exact) mass is 475 g/mol. The van der Waals surface area contributed by atoms with Crippen LogP contribution in [-0.4, -0.2) is 57.4 Å². The van der Waals surface area contributed by atoms with Crippen molar-refractivity contribution in [2.75, 3.05) is 43.1 Å². The molecule has 8 nitrogen and oxygen atoms in total. The lowest BCUT2D eigenvalue weighted by atomic mass is 9.86.